The Hall–Kier alpha value is -1.75. The first-order valence-corrected chi connectivity index (χ1v) is 5.97. The predicted molar refractivity (Wildman–Crippen MR) is 74.3 cm³/mol. The van der Waals surface area contributed by atoms with Crippen molar-refractivity contribution in [2.75, 3.05) is 0 Å². The highest BCUT2D eigenvalue weighted by Gasteiger charge is 1.99. The van der Waals surface area contributed by atoms with E-state index in [0.29, 0.717) is 21.2 Å². The van der Waals surface area contributed by atoms with Gasteiger partial charge in [0.25, 0.3) is 0 Å². The smallest absolute Gasteiger partial charge is 0.151 e. The molecule has 2 rings (SSSR count). The molecule has 3 heteroatoms. The molecular weight excluding hydrogens is 267 g/mol. The first kappa shape index (κ1) is 12.7. The molecule has 88 valence electrons. The third kappa shape index (κ3) is 3.13. The molecule has 0 bridgehead atoms. The average molecular weight is 275 g/mol. The van der Waals surface area contributed by atoms with Crippen LogP contribution in [0.1, 0.15) is 21.5 Å². The summed E-state index contributed by atoms with van der Waals surface area (Å²) in [5.41, 5.74) is 1.99. The predicted octanol–water partition coefficient (Wildman–Crippen LogP) is 4.21. The number of hydrogen-bond acceptors (Lipinski definition) is 1. The van der Waals surface area contributed by atoms with Crippen molar-refractivity contribution in [3.05, 3.63) is 69.2 Å². The maximum Gasteiger partial charge on any atom is 0.151 e. The molecule has 0 amide bonds. The first-order valence-electron chi connectivity index (χ1n) is 5.21. The van der Waals surface area contributed by atoms with E-state index in [1.165, 1.54) is 0 Å². The Morgan fingerprint density at radius 2 is 1.56 bits per heavy atom. The Bertz CT molecular complexity index is 634. The van der Waals surface area contributed by atoms with E-state index >= 15 is 0 Å². The van der Waals surface area contributed by atoms with Gasteiger partial charge in [0.15, 0.2) is 6.29 Å². The number of aldehydes is 1. The molecule has 0 heterocycles. The zero-order valence-corrected chi connectivity index (χ0v) is 10.8. The van der Waals surface area contributed by atoms with Crippen molar-refractivity contribution in [1.82, 2.24) is 0 Å². The van der Waals surface area contributed by atoms with Crippen molar-refractivity contribution >= 4 is 29.5 Å². The van der Waals surface area contributed by atoms with Gasteiger partial charge in [0.2, 0.25) is 0 Å². The molecule has 0 atom stereocenters. The maximum absolute atomic E-state index is 10.9. The normalized spacial score (nSPS) is 9.44. The fourth-order valence-corrected chi connectivity index (χ4v) is 1.72. The van der Waals surface area contributed by atoms with Gasteiger partial charge in [-0.05, 0) is 42.5 Å². The van der Waals surface area contributed by atoms with Gasteiger partial charge in [0.05, 0.1) is 0 Å². The van der Waals surface area contributed by atoms with Crippen LogP contribution in [-0.2, 0) is 0 Å². The van der Waals surface area contributed by atoms with Crippen LogP contribution in [0.5, 0.6) is 0 Å². The molecule has 18 heavy (non-hydrogen) atoms. The second-order valence-corrected chi connectivity index (χ2v) is 4.48. The van der Waals surface area contributed by atoms with Gasteiger partial charge in [-0.2, -0.15) is 0 Å². The summed E-state index contributed by atoms with van der Waals surface area (Å²) in [7, 11) is 0. The van der Waals surface area contributed by atoms with Crippen molar-refractivity contribution in [3.8, 4) is 11.8 Å². The lowest BCUT2D eigenvalue weighted by Crippen LogP contribution is -1.86. The fraction of sp³-hybridized carbons (Fsp3) is 0. The van der Waals surface area contributed by atoms with Crippen LogP contribution in [0.15, 0.2) is 42.5 Å². The minimum atomic E-state index is 0.490. The van der Waals surface area contributed by atoms with E-state index in [1.54, 1.807) is 30.3 Å². The molecule has 0 aromatic heterocycles. The molecule has 0 radical (unpaired) electrons. The second-order valence-electron chi connectivity index (χ2n) is 3.61. The minimum Gasteiger partial charge on any atom is -0.298 e. The van der Waals surface area contributed by atoms with E-state index in [2.05, 4.69) is 11.8 Å². The highest BCUT2D eigenvalue weighted by molar-refractivity contribution is 6.31. The van der Waals surface area contributed by atoms with Gasteiger partial charge in [-0.15, -0.1) is 0 Å². The molecule has 2 aromatic rings. The van der Waals surface area contributed by atoms with E-state index in [-0.39, 0.29) is 0 Å². The van der Waals surface area contributed by atoms with Gasteiger partial charge >= 0.3 is 0 Å². The molecule has 0 aliphatic carbocycles. The zero-order chi connectivity index (χ0) is 13.0. The zero-order valence-electron chi connectivity index (χ0n) is 9.28. The largest absolute Gasteiger partial charge is 0.298 e. The Kier molecular flexibility index (Phi) is 4.04. The van der Waals surface area contributed by atoms with Gasteiger partial charge in [-0.25, -0.2) is 0 Å². The third-order valence-electron chi connectivity index (χ3n) is 2.33. The Labute approximate surface area is 115 Å². The van der Waals surface area contributed by atoms with Gasteiger partial charge in [-0.3, -0.25) is 4.79 Å². The lowest BCUT2D eigenvalue weighted by atomic mass is 10.1. The molecule has 0 spiro atoms. The van der Waals surface area contributed by atoms with E-state index < -0.39 is 0 Å². The summed E-state index contributed by atoms with van der Waals surface area (Å²) in [6.07, 6.45) is 0.748. The quantitative estimate of drug-likeness (QED) is 0.563. The topological polar surface area (TPSA) is 17.1 Å². The Morgan fingerprint density at radius 1 is 0.889 bits per heavy atom. The maximum atomic E-state index is 10.9. The van der Waals surface area contributed by atoms with Crippen LogP contribution < -0.4 is 0 Å². The molecule has 0 saturated carbocycles. The van der Waals surface area contributed by atoms with Gasteiger partial charge < -0.3 is 0 Å². The third-order valence-corrected chi connectivity index (χ3v) is 2.81. The SMILES string of the molecule is O=Cc1cc(Cl)ccc1C#Cc1ccc(Cl)cc1. The number of halogens is 2. The summed E-state index contributed by atoms with van der Waals surface area (Å²) < 4.78 is 0. The lowest BCUT2D eigenvalue weighted by Gasteiger charge is -1.97. The number of carbonyl (C=O) groups is 1. The van der Waals surface area contributed by atoms with Crippen molar-refractivity contribution in [2.45, 2.75) is 0 Å². The highest BCUT2D eigenvalue weighted by atomic mass is 35.5. The van der Waals surface area contributed by atoms with Crippen LogP contribution in [0.3, 0.4) is 0 Å². The molecule has 1 nitrogen and oxygen atoms in total. The highest BCUT2D eigenvalue weighted by Crippen LogP contribution is 2.14. The van der Waals surface area contributed by atoms with Crippen LogP contribution in [-0.4, -0.2) is 6.29 Å². The van der Waals surface area contributed by atoms with Crippen LogP contribution in [0.2, 0.25) is 10.0 Å². The number of hydrogen-bond donors (Lipinski definition) is 0. The lowest BCUT2D eigenvalue weighted by molar-refractivity contribution is 0.112. The Balaban J connectivity index is 2.35. The Morgan fingerprint density at radius 3 is 2.22 bits per heavy atom. The molecule has 0 aliphatic heterocycles. The summed E-state index contributed by atoms with van der Waals surface area (Å²) in [6, 6.07) is 12.2. The van der Waals surface area contributed by atoms with E-state index in [9.17, 15) is 4.79 Å². The number of carbonyl (C=O) groups excluding carboxylic acids is 1. The standard InChI is InChI=1S/C15H8Cl2O/c16-14-6-2-11(3-7-14)1-4-12-5-8-15(17)9-13(12)10-18/h2-3,5-10H. The van der Waals surface area contributed by atoms with Crippen LogP contribution in [0.25, 0.3) is 0 Å². The van der Waals surface area contributed by atoms with Gasteiger partial charge in [0.1, 0.15) is 0 Å². The summed E-state index contributed by atoms with van der Waals surface area (Å²) in [5.74, 6) is 5.92. The molecule has 0 aliphatic rings. The van der Waals surface area contributed by atoms with Crippen LogP contribution in [0.4, 0.5) is 0 Å². The summed E-state index contributed by atoms with van der Waals surface area (Å²) in [5, 5.41) is 1.19. The van der Waals surface area contributed by atoms with Crippen molar-refractivity contribution in [2.24, 2.45) is 0 Å². The summed E-state index contributed by atoms with van der Waals surface area (Å²) >= 11 is 11.6. The second kappa shape index (κ2) is 5.73. The van der Waals surface area contributed by atoms with Crippen LogP contribution >= 0.6 is 23.2 Å². The number of rotatable bonds is 1. The monoisotopic (exact) mass is 274 g/mol. The van der Waals surface area contributed by atoms with Crippen LogP contribution in [0, 0.1) is 11.8 Å². The van der Waals surface area contributed by atoms with Crippen molar-refractivity contribution in [3.63, 3.8) is 0 Å². The molecule has 0 fully saturated rings. The molecule has 0 unspecified atom stereocenters. The van der Waals surface area contributed by atoms with Gasteiger partial charge in [0, 0.05) is 26.7 Å². The van der Waals surface area contributed by atoms with E-state index in [4.69, 9.17) is 23.2 Å². The van der Waals surface area contributed by atoms with Gasteiger partial charge in [-0.1, -0.05) is 35.0 Å². The summed E-state index contributed by atoms with van der Waals surface area (Å²) in [6.45, 7) is 0. The van der Waals surface area contributed by atoms with Crippen molar-refractivity contribution < 1.29 is 4.79 Å². The molecular formula is C15H8Cl2O. The van der Waals surface area contributed by atoms with E-state index in [0.717, 1.165) is 11.8 Å². The average Bonchev–Trinajstić information content (AvgIpc) is 2.39. The molecule has 2 aromatic carbocycles. The minimum absolute atomic E-state index is 0.490. The fourth-order valence-electron chi connectivity index (χ4n) is 1.42. The van der Waals surface area contributed by atoms with Crippen molar-refractivity contribution in [1.29, 1.82) is 0 Å². The first-order chi connectivity index (χ1) is 8.69. The summed E-state index contributed by atoms with van der Waals surface area (Å²) in [4.78, 5) is 10.9. The molecule has 0 N–H and O–H groups in total. The number of benzene rings is 2. The molecule has 0 saturated heterocycles. The van der Waals surface area contributed by atoms with E-state index in [1.807, 2.05) is 12.1 Å².